The van der Waals surface area contributed by atoms with Crippen molar-refractivity contribution in [2.45, 2.75) is 0 Å². The molecule has 0 aliphatic rings. The minimum Gasteiger partial charge on any atom is -0.497 e. The van der Waals surface area contributed by atoms with Crippen LogP contribution in [0, 0.1) is 0 Å². The first kappa shape index (κ1) is 11.2. The number of rotatable bonds is 3. The topological polar surface area (TPSA) is 113 Å². The second kappa shape index (κ2) is 4.41. The number of hydrogen-bond donors (Lipinski definition) is 1. The average molecular weight is 259 g/mol. The van der Waals surface area contributed by atoms with Crippen LogP contribution in [-0.2, 0) is 0 Å². The van der Waals surface area contributed by atoms with Gasteiger partial charge in [-0.2, -0.15) is 4.98 Å². The molecule has 0 amide bonds. The molecule has 0 atom stereocenters. The number of anilines is 1. The van der Waals surface area contributed by atoms with Gasteiger partial charge in [-0.15, -0.1) is 0 Å². The molecular weight excluding hydrogens is 250 g/mol. The van der Waals surface area contributed by atoms with Crippen molar-refractivity contribution in [1.82, 2.24) is 20.5 Å². The quantitative estimate of drug-likeness (QED) is 0.750. The van der Waals surface area contributed by atoms with Crippen LogP contribution in [-0.4, -0.2) is 27.6 Å². The van der Waals surface area contributed by atoms with Gasteiger partial charge in [-0.05, 0) is 28.5 Å². The van der Waals surface area contributed by atoms with Gasteiger partial charge < -0.3 is 15.0 Å². The van der Waals surface area contributed by atoms with Crippen molar-refractivity contribution in [3.05, 3.63) is 24.3 Å². The SMILES string of the molecule is COc1cccc(-c2nc(-c3nonc3N)no2)c1. The van der Waals surface area contributed by atoms with Crippen LogP contribution in [0.1, 0.15) is 0 Å². The summed E-state index contributed by atoms with van der Waals surface area (Å²) in [6, 6.07) is 7.25. The zero-order valence-corrected chi connectivity index (χ0v) is 9.90. The molecule has 3 aromatic rings. The number of hydrogen-bond acceptors (Lipinski definition) is 8. The Hall–Kier alpha value is -2.90. The molecule has 0 radical (unpaired) electrons. The highest BCUT2D eigenvalue weighted by atomic mass is 16.6. The summed E-state index contributed by atoms with van der Waals surface area (Å²) >= 11 is 0. The van der Waals surface area contributed by atoms with Gasteiger partial charge in [-0.25, -0.2) is 4.63 Å². The van der Waals surface area contributed by atoms with E-state index in [1.165, 1.54) is 0 Å². The Morgan fingerprint density at radius 3 is 2.84 bits per heavy atom. The summed E-state index contributed by atoms with van der Waals surface area (Å²) in [6.07, 6.45) is 0. The van der Waals surface area contributed by atoms with Crippen molar-refractivity contribution >= 4 is 5.82 Å². The van der Waals surface area contributed by atoms with Crippen LogP contribution in [0.4, 0.5) is 5.82 Å². The summed E-state index contributed by atoms with van der Waals surface area (Å²) in [6.45, 7) is 0. The molecule has 0 spiro atoms. The molecule has 96 valence electrons. The lowest BCUT2D eigenvalue weighted by molar-refractivity contribution is 0.310. The minimum absolute atomic E-state index is 0.109. The van der Waals surface area contributed by atoms with Crippen molar-refractivity contribution in [3.8, 4) is 28.7 Å². The van der Waals surface area contributed by atoms with E-state index in [1.54, 1.807) is 13.2 Å². The van der Waals surface area contributed by atoms with Gasteiger partial charge in [0.25, 0.3) is 5.89 Å². The summed E-state index contributed by atoms with van der Waals surface area (Å²) < 4.78 is 14.8. The van der Waals surface area contributed by atoms with E-state index in [9.17, 15) is 0 Å². The van der Waals surface area contributed by atoms with Crippen LogP contribution in [0.3, 0.4) is 0 Å². The third-order valence-electron chi connectivity index (χ3n) is 2.47. The molecule has 8 heteroatoms. The van der Waals surface area contributed by atoms with Gasteiger partial charge >= 0.3 is 0 Å². The molecule has 0 aliphatic carbocycles. The van der Waals surface area contributed by atoms with Crippen LogP contribution in [0.25, 0.3) is 23.0 Å². The predicted molar refractivity (Wildman–Crippen MR) is 64.0 cm³/mol. The van der Waals surface area contributed by atoms with Gasteiger partial charge in [-0.1, -0.05) is 11.2 Å². The summed E-state index contributed by atoms with van der Waals surface area (Å²) in [7, 11) is 1.58. The van der Waals surface area contributed by atoms with Crippen molar-refractivity contribution in [2.24, 2.45) is 0 Å². The Bertz CT molecular complexity index is 706. The molecule has 1 aromatic carbocycles. The summed E-state index contributed by atoms with van der Waals surface area (Å²) in [5.41, 5.74) is 6.53. The summed E-state index contributed by atoms with van der Waals surface area (Å²) in [4.78, 5) is 4.18. The number of aromatic nitrogens is 4. The first-order valence-electron chi connectivity index (χ1n) is 5.34. The van der Waals surface area contributed by atoms with Crippen LogP contribution >= 0.6 is 0 Å². The van der Waals surface area contributed by atoms with Gasteiger partial charge in [0.2, 0.25) is 5.82 Å². The fraction of sp³-hybridized carbons (Fsp3) is 0.0909. The number of methoxy groups -OCH3 is 1. The van der Waals surface area contributed by atoms with E-state index in [2.05, 4.69) is 25.1 Å². The monoisotopic (exact) mass is 259 g/mol. The zero-order chi connectivity index (χ0) is 13.2. The van der Waals surface area contributed by atoms with E-state index in [0.29, 0.717) is 11.6 Å². The Balaban J connectivity index is 1.99. The summed E-state index contributed by atoms with van der Waals surface area (Å²) in [5.74, 6) is 1.35. The van der Waals surface area contributed by atoms with E-state index in [0.717, 1.165) is 5.56 Å². The minimum atomic E-state index is 0.109. The fourth-order valence-corrected chi connectivity index (χ4v) is 1.54. The lowest BCUT2D eigenvalue weighted by atomic mass is 10.2. The Morgan fingerprint density at radius 1 is 1.21 bits per heavy atom. The van der Waals surface area contributed by atoms with Crippen LogP contribution in [0.15, 0.2) is 33.4 Å². The van der Waals surface area contributed by atoms with Gasteiger partial charge in [0.15, 0.2) is 11.5 Å². The molecular formula is C11H9N5O3. The smallest absolute Gasteiger partial charge is 0.258 e. The van der Waals surface area contributed by atoms with Crippen LogP contribution in [0.2, 0.25) is 0 Å². The number of ether oxygens (including phenoxy) is 1. The molecule has 0 bridgehead atoms. The molecule has 3 rings (SSSR count). The van der Waals surface area contributed by atoms with Crippen molar-refractivity contribution in [2.75, 3.05) is 12.8 Å². The third-order valence-corrected chi connectivity index (χ3v) is 2.47. The summed E-state index contributed by atoms with van der Waals surface area (Å²) in [5, 5.41) is 10.8. The third kappa shape index (κ3) is 1.99. The normalized spacial score (nSPS) is 10.6. The lowest BCUT2D eigenvalue weighted by Crippen LogP contribution is -1.90. The highest BCUT2D eigenvalue weighted by Gasteiger charge is 2.17. The Morgan fingerprint density at radius 2 is 2.11 bits per heavy atom. The lowest BCUT2D eigenvalue weighted by Gasteiger charge is -1.99. The molecule has 0 unspecified atom stereocenters. The maximum Gasteiger partial charge on any atom is 0.258 e. The zero-order valence-electron chi connectivity index (χ0n) is 9.90. The van der Waals surface area contributed by atoms with Crippen LogP contribution < -0.4 is 10.5 Å². The van der Waals surface area contributed by atoms with E-state index in [4.69, 9.17) is 15.0 Å². The molecule has 2 heterocycles. The van der Waals surface area contributed by atoms with E-state index in [-0.39, 0.29) is 17.3 Å². The first-order valence-corrected chi connectivity index (χ1v) is 5.34. The Labute approximate surface area is 107 Å². The first-order chi connectivity index (χ1) is 9.28. The second-order valence-corrected chi connectivity index (χ2v) is 3.65. The number of benzene rings is 1. The van der Waals surface area contributed by atoms with Crippen molar-refractivity contribution in [1.29, 1.82) is 0 Å². The molecule has 0 aliphatic heterocycles. The fourth-order valence-electron chi connectivity index (χ4n) is 1.54. The van der Waals surface area contributed by atoms with Crippen molar-refractivity contribution in [3.63, 3.8) is 0 Å². The largest absolute Gasteiger partial charge is 0.497 e. The van der Waals surface area contributed by atoms with E-state index < -0.39 is 0 Å². The number of nitrogens with zero attached hydrogens (tertiary/aromatic N) is 4. The second-order valence-electron chi connectivity index (χ2n) is 3.65. The molecule has 2 N–H and O–H groups in total. The average Bonchev–Trinajstić information content (AvgIpc) is 3.07. The van der Waals surface area contributed by atoms with Gasteiger partial charge in [0.1, 0.15) is 5.75 Å². The highest BCUT2D eigenvalue weighted by molar-refractivity contribution is 5.64. The van der Waals surface area contributed by atoms with Gasteiger partial charge in [-0.3, -0.25) is 0 Å². The highest BCUT2D eigenvalue weighted by Crippen LogP contribution is 2.25. The molecule has 8 nitrogen and oxygen atoms in total. The van der Waals surface area contributed by atoms with Gasteiger partial charge in [0.05, 0.1) is 7.11 Å². The van der Waals surface area contributed by atoms with Crippen LogP contribution in [0.5, 0.6) is 5.75 Å². The maximum absolute atomic E-state index is 5.56. The predicted octanol–water partition coefficient (Wildman–Crippen LogP) is 1.38. The van der Waals surface area contributed by atoms with Gasteiger partial charge in [0, 0.05) is 5.56 Å². The molecule has 0 saturated carbocycles. The molecule has 19 heavy (non-hydrogen) atoms. The van der Waals surface area contributed by atoms with Crippen molar-refractivity contribution < 1.29 is 13.9 Å². The van der Waals surface area contributed by atoms with E-state index >= 15 is 0 Å². The molecule has 0 fully saturated rings. The maximum atomic E-state index is 5.56. The molecule has 0 saturated heterocycles. The number of nitrogen functional groups attached to an aromatic ring is 1. The molecule has 2 aromatic heterocycles. The van der Waals surface area contributed by atoms with E-state index in [1.807, 2.05) is 18.2 Å². The number of nitrogens with two attached hydrogens (primary N) is 1. The standard InChI is InChI=1S/C11H9N5O3/c1-17-7-4-2-3-6(5-7)11-13-10(16-18-11)8-9(12)15-19-14-8/h2-5H,1H3,(H2,12,15). The Kier molecular flexibility index (Phi) is 2.60.